The van der Waals surface area contributed by atoms with Crippen molar-refractivity contribution >= 4 is 56.2 Å². The van der Waals surface area contributed by atoms with Crippen LogP contribution in [0.3, 0.4) is 0 Å². The number of nitrogens with zero attached hydrogens (tertiary/aromatic N) is 4. The van der Waals surface area contributed by atoms with Crippen molar-refractivity contribution in [1.29, 1.82) is 0 Å². The van der Waals surface area contributed by atoms with Crippen molar-refractivity contribution in [2.75, 3.05) is 10.6 Å². The molecule has 0 amide bonds. The molecule has 0 saturated carbocycles. The summed E-state index contributed by atoms with van der Waals surface area (Å²) in [5.41, 5.74) is 14.3. The average Bonchev–Trinajstić information content (AvgIpc) is 3.77. The van der Waals surface area contributed by atoms with Gasteiger partial charge in [-0.15, -0.1) is 0 Å². The Morgan fingerprint density at radius 1 is 0.429 bits per heavy atom. The quantitative estimate of drug-likeness (QED) is 0.190. The molecule has 4 heterocycles. The zero-order valence-corrected chi connectivity index (χ0v) is 31.6. The van der Waals surface area contributed by atoms with Gasteiger partial charge < -0.3 is 10.6 Å². The molecule has 2 N–H and O–H groups in total. The van der Waals surface area contributed by atoms with Crippen molar-refractivity contribution in [3.8, 4) is 22.3 Å². The second-order valence-corrected chi connectivity index (χ2v) is 16.1. The van der Waals surface area contributed by atoms with Crippen LogP contribution in [0.2, 0.25) is 0 Å². The van der Waals surface area contributed by atoms with Gasteiger partial charge in [0, 0.05) is 56.5 Å². The summed E-state index contributed by atoms with van der Waals surface area (Å²) in [5, 5.41) is 12.0. The lowest BCUT2D eigenvalue weighted by Gasteiger charge is -2.44. The summed E-state index contributed by atoms with van der Waals surface area (Å²) < 4.78 is 0. The highest BCUT2D eigenvalue weighted by Gasteiger charge is 2.42. The molecule has 0 unspecified atom stereocenters. The van der Waals surface area contributed by atoms with Gasteiger partial charge >= 0.3 is 0 Å². The zero-order chi connectivity index (χ0) is 37.8. The number of nitrogens with one attached hydrogen (secondary N) is 2. The van der Waals surface area contributed by atoms with Gasteiger partial charge in [0.2, 0.25) is 0 Å². The lowest BCUT2D eigenvalue weighted by atomic mass is 9.59. The molecule has 0 atom stereocenters. The highest BCUT2D eigenvalue weighted by Crippen LogP contribution is 2.52. The number of aromatic nitrogens is 2. The third kappa shape index (κ3) is 4.75. The first-order chi connectivity index (χ1) is 27.3. The lowest BCUT2D eigenvalue weighted by molar-refractivity contribution is 0.521. The molecule has 2 aromatic heterocycles. The van der Waals surface area contributed by atoms with Crippen LogP contribution in [0.4, 0.5) is 23.0 Å². The van der Waals surface area contributed by atoms with E-state index >= 15 is 0 Å². The SMILES string of the molecule is CC1(C)c2ccc(-c3ccc4c5c(cccc35)/C(=N/c3ccccn3)N4)cc2C(C)(C)c2ccc(-c3ccc4c5c(cccc35)/C(=N/c3ccccn3)N4)cc21. The maximum Gasteiger partial charge on any atom is 0.154 e. The van der Waals surface area contributed by atoms with Gasteiger partial charge in [0.15, 0.2) is 11.6 Å². The first kappa shape index (κ1) is 32.5. The summed E-state index contributed by atoms with van der Waals surface area (Å²) in [6.45, 7) is 9.53. The molecule has 11 rings (SSSR count). The summed E-state index contributed by atoms with van der Waals surface area (Å²) in [6.07, 6.45) is 3.55. The fraction of sp³-hybridized carbons (Fsp3) is 0.120. The van der Waals surface area contributed by atoms with E-state index in [0.717, 1.165) is 34.2 Å². The molecule has 0 spiro atoms. The van der Waals surface area contributed by atoms with Gasteiger partial charge in [0.1, 0.15) is 11.7 Å². The molecule has 3 aliphatic rings. The number of amidine groups is 2. The average molecular weight is 723 g/mol. The molecule has 0 fully saturated rings. The van der Waals surface area contributed by atoms with Gasteiger partial charge in [0.25, 0.3) is 0 Å². The second kappa shape index (κ2) is 11.8. The highest BCUT2D eigenvalue weighted by molar-refractivity contribution is 6.29. The number of hydrogen-bond acceptors (Lipinski definition) is 4. The molecule has 6 heteroatoms. The molecule has 1 aliphatic carbocycles. The third-order valence-corrected chi connectivity index (χ3v) is 12.2. The largest absolute Gasteiger partial charge is 0.339 e. The van der Waals surface area contributed by atoms with Crippen LogP contribution in [-0.2, 0) is 10.8 Å². The molecule has 2 aliphatic heterocycles. The van der Waals surface area contributed by atoms with Gasteiger partial charge in [-0.05, 0) is 104 Å². The van der Waals surface area contributed by atoms with Crippen LogP contribution in [0.25, 0.3) is 43.8 Å². The van der Waals surface area contributed by atoms with Crippen molar-refractivity contribution in [2.24, 2.45) is 9.98 Å². The molecule has 0 bridgehead atoms. The molecule has 6 aromatic carbocycles. The Kier molecular flexibility index (Phi) is 6.84. The summed E-state index contributed by atoms with van der Waals surface area (Å²) in [4.78, 5) is 18.6. The van der Waals surface area contributed by atoms with Gasteiger partial charge in [-0.3, -0.25) is 0 Å². The summed E-state index contributed by atoms with van der Waals surface area (Å²) in [6, 6.07) is 47.8. The van der Waals surface area contributed by atoms with E-state index in [-0.39, 0.29) is 10.8 Å². The van der Waals surface area contributed by atoms with Crippen molar-refractivity contribution in [1.82, 2.24) is 9.97 Å². The van der Waals surface area contributed by atoms with Crippen LogP contribution in [0.15, 0.2) is 156 Å². The van der Waals surface area contributed by atoms with Crippen LogP contribution >= 0.6 is 0 Å². The number of rotatable bonds is 4. The number of pyridine rings is 2. The minimum absolute atomic E-state index is 0.212. The second-order valence-electron chi connectivity index (χ2n) is 16.1. The Morgan fingerprint density at radius 3 is 1.32 bits per heavy atom. The topological polar surface area (TPSA) is 74.6 Å². The third-order valence-electron chi connectivity index (χ3n) is 12.2. The molecule has 0 saturated heterocycles. The van der Waals surface area contributed by atoms with Crippen LogP contribution in [0.1, 0.15) is 61.1 Å². The van der Waals surface area contributed by atoms with Crippen molar-refractivity contribution in [2.45, 2.75) is 38.5 Å². The van der Waals surface area contributed by atoms with E-state index in [0.29, 0.717) is 11.6 Å². The number of benzene rings is 6. The smallest absolute Gasteiger partial charge is 0.154 e. The minimum Gasteiger partial charge on any atom is -0.339 e. The van der Waals surface area contributed by atoms with Crippen LogP contribution in [-0.4, -0.2) is 21.6 Å². The van der Waals surface area contributed by atoms with E-state index in [1.54, 1.807) is 12.4 Å². The van der Waals surface area contributed by atoms with Crippen molar-refractivity contribution in [3.05, 3.63) is 179 Å². The number of anilines is 2. The number of hydrogen-bond donors (Lipinski definition) is 2. The predicted octanol–water partition coefficient (Wildman–Crippen LogP) is 12.1. The minimum atomic E-state index is -0.212. The summed E-state index contributed by atoms with van der Waals surface area (Å²) >= 11 is 0. The number of fused-ring (bicyclic) bond motifs is 2. The Bertz CT molecular complexity index is 2810. The molecule has 8 aromatic rings. The fourth-order valence-corrected chi connectivity index (χ4v) is 9.39. The van der Waals surface area contributed by atoms with E-state index in [1.165, 1.54) is 66.1 Å². The number of aliphatic imine (C=N–C) groups is 2. The molecule has 0 radical (unpaired) electrons. The van der Waals surface area contributed by atoms with Crippen molar-refractivity contribution in [3.63, 3.8) is 0 Å². The van der Waals surface area contributed by atoms with Crippen molar-refractivity contribution < 1.29 is 0 Å². The normalized spacial score (nSPS) is 16.9. The molecule has 6 nitrogen and oxygen atoms in total. The van der Waals surface area contributed by atoms with Gasteiger partial charge in [-0.2, -0.15) is 0 Å². The zero-order valence-electron chi connectivity index (χ0n) is 31.6. The van der Waals surface area contributed by atoms with E-state index < -0.39 is 0 Å². The van der Waals surface area contributed by atoms with Crippen LogP contribution < -0.4 is 10.6 Å². The highest BCUT2D eigenvalue weighted by atomic mass is 15.1. The van der Waals surface area contributed by atoms with Gasteiger partial charge in [-0.1, -0.05) is 113 Å². The first-order valence-corrected chi connectivity index (χ1v) is 19.2. The monoisotopic (exact) mass is 722 g/mol. The van der Waals surface area contributed by atoms with Gasteiger partial charge in [-0.25, -0.2) is 20.0 Å². The molecule has 268 valence electrons. The molecule has 56 heavy (non-hydrogen) atoms. The van der Waals surface area contributed by atoms with Crippen LogP contribution in [0, 0.1) is 0 Å². The summed E-state index contributed by atoms with van der Waals surface area (Å²) in [7, 11) is 0. The first-order valence-electron chi connectivity index (χ1n) is 19.2. The molecular weight excluding hydrogens is 685 g/mol. The van der Waals surface area contributed by atoms with E-state index in [2.05, 4.69) is 145 Å². The Balaban J connectivity index is 0.991. The molecular formula is C50H38N6. The van der Waals surface area contributed by atoms with E-state index in [9.17, 15) is 0 Å². The standard InChI is InChI=1S/C50H38N6/c1-49(2)37-21-17-30(32-20-24-42-46-34(32)12-10-14-36(46)48(54-42)56-44-16-6-8-26-52-44)28-40(37)50(3,4)38-22-18-29(27-39(38)49)31-19-23-41-45-33(31)11-9-13-35(45)47(53-41)55-43-15-5-7-25-51-43/h5-28H,1-4H3,(H,51,53,55)(H,52,54,56). The van der Waals surface area contributed by atoms with E-state index in [1.807, 2.05) is 36.4 Å². The van der Waals surface area contributed by atoms with E-state index in [4.69, 9.17) is 9.98 Å². The van der Waals surface area contributed by atoms with Crippen LogP contribution in [0.5, 0.6) is 0 Å². The Labute approximate surface area is 325 Å². The fourth-order valence-electron chi connectivity index (χ4n) is 9.39. The predicted molar refractivity (Wildman–Crippen MR) is 231 cm³/mol. The maximum absolute atomic E-state index is 4.87. The Morgan fingerprint density at radius 2 is 0.893 bits per heavy atom. The lowest BCUT2D eigenvalue weighted by Crippen LogP contribution is -2.36. The Hall–Kier alpha value is -6.92. The summed E-state index contributed by atoms with van der Waals surface area (Å²) in [5.74, 6) is 3.04. The van der Waals surface area contributed by atoms with Gasteiger partial charge in [0.05, 0.1) is 0 Å². The maximum atomic E-state index is 4.87.